The molecule has 0 aromatic heterocycles. The van der Waals surface area contributed by atoms with Crippen molar-refractivity contribution in [3.05, 3.63) is 23.8 Å². The summed E-state index contributed by atoms with van der Waals surface area (Å²) < 4.78 is 0. The van der Waals surface area contributed by atoms with Crippen LogP contribution in [0.1, 0.15) is 25.3 Å². The number of aromatic hydroxyl groups is 2. The summed E-state index contributed by atoms with van der Waals surface area (Å²) in [5.74, 6) is 0.0214. The summed E-state index contributed by atoms with van der Waals surface area (Å²) in [6.45, 7) is 1.77. The van der Waals surface area contributed by atoms with Gasteiger partial charge in [0.1, 0.15) is 17.3 Å². The van der Waals surface area contributed by atoms with Crippen molar-refractivity contribution >= 4 is 5.78 Å². The van der Waals surface area contributed by atoms with Gasteiger partial charge in [0.25, 0.3) is 0 Å². The number of carbonyl (C=O) groups is 1. The summed E-state index contributed by atoms with van der Waals surface area (Å²) in [7, 11) is 0. The number of rotatable bonds is 6. The summed E-state index contributed by atoms with van der Waals surface area (Å²) in [5.41, 5.74) is 11.9. The average molecular weight is 252 g/mol. The van der Waals surface area contributed by atoms with Gasteiger partial charge >= 0.3 is 0 Å². The van der Waals surface area contributed by atoms with E-state index in [-0.39, 0.29) is 35.8 Å². The van der Waals surface area contributed by atoms with Gasteiger partial charge in [-0.3, -0.25) is 4.79 Å². The lowest BCUT2D eigenvalue weighted by molar-refractivity contribution is -0.119. The Balaban J connectivity index is 2.47. The number of ketones is 1. The molecule has 0 aliphatic heterocycles. The second-order valence-electron chi connectivity index (χ2n) is 4.58. The van der Waals surface area contributed by atoms with Crippen LogP contribution in [0.15, 0.2) is 18.2 Å². The number of nitrogens with two attached hydrogens (primary N) is 2. The standard InChI is InChI=1S/C13H20N2O3/c1-8(14)12(15)6-10(16)4-2-9-3-5-11(17)7-13(9)18/h3,5,7-8,12,17-18H,2,4,6,14-15H2,1H3. The van der Waals surface area contributed by atoms with Crippen LogP contribution in [0.5, 0.6) is 11.5 Å². The molecule has 1 aromatic carbocycles. The fourth-order valence-corrected chi connectivity index (χ4v) is 1.59. The molecule has 0 bridgehead atoms. The first kappa shape index (κ1) is 14.5. The van der Waals surface area contributed by atoms with Gasteiger partial charge in [-0.15, -0.1) is 0 Å². The summed E-state index contributed by atoms with van der Waals surface area (Å²) in [6.07, 6.45) is 0.978. The first-order valence-corrected chi connectivity index (χ1v) is 5.94. The monoisotopic (exact) mass is 252 g/mol. The van der Waals surface area contributed by atoms with Gasteiger partial charge < -0.3 is 21.7 Å². The third kappa shape index (κ3) is 4.35. The van der Waals surface area contributed by atoms with Crippen LogP contribution >= 0.6 is 0 Å². The third-order valence-electron chi connectivity index (χ3n) is 2.88. The number of phenolic OH excluding ortho intramolecular Hbond substituents is 2. The number of phenols is 2. The number of Topliss-reactive ketones (excluding diaryl/α,β-unsaturated/α-hetero) is 1. The summed E-state index contributed by atoms with van der Waals surface area (Å²) >= 11 is 0. The molecule has 0 fully saturated rings. The van der Waals surface area contributed by atoms with E-state index in [4.69, 9.17) is 16.6 Å². The van der Waals surface area contributed by atoms with Crippen molar-refractivity contribution in [1.29, 1.82) is 0 Å². The summed E-state index contributed by atoms with van der Waals surface area (Å²) in [6, 6.07) is 3.80. The number of hydrogen-bond acceptors (Lipinski definition) is 5. The van der Waals surface area contributed by atoms with Crippen molar-refractivity contribution in [2.75, 3.05) is 0 Å². The van der Waals surface area contributed by atoms with Crippen molar-refractivity contribution < 1.29 is 15.0 Å². The van der Waals surface area contributed by atoms with Crippen LogP contribution in [0.4, 0.5) is 0 Å². The van der Waals surface area contributed by atoms with Gasteiger partial charge in [-0.2, -0.15) is 0 Å². The lowest BCUT2D eigenvalue weighted by atomic mass is 10.00. The van der Waals surface area contributed by atoms with Crippen LogP contribution in [-0.2, 0) is 11.2 Å². The molecule has 5 nitrogen and oxygen atoms in total. The molecule has 0 aliphatic rings. The minimum absolute atomic E-state index is 0.000656. The van der Waals surface area contributed by atoms with E-state index in [2.05, 4.69) is 0 Å². The minimum Gasteiger partial charge on any atom is -0.508 e. The van der Waals surface area contributed by atoms with Crippen molar-refractivity contribution in [2.45, 2.75) is 38.3 Å². The zero-order valence-corrected chi connectivity index (χ0v) is 10.5. The van der Waals surface area contributed by atoms with Gasteiger partial charge in [0, 0.05) is 31.0 Å². The van der Waals surface area contributed by atoms with Gasteiger partial charge in [-0.25, -0.2) is 0 Å². The smallest absolute Gasteiger partial charge is 0.134 e. The van der Waals surface area contributed by atoms with E-state index < -0.39 is 0 Å². The van der Waals surface area contributed by atoms with Gasteiger partial charge in [-0.1, -0.05) is 6.07 Å². The molecule has 0 amide bonds. The van der Waals surface area contributed by atoms with Crippen LogP contribution in [0.25, 0.3) is 0 Å². The number of carbonyl (C=O) groups excluding carboxylic acids is 1. The number of aryl methyl sites for hydroxylation is 1. The predicted molar refractivity (Wildman–Crippen MR) is 69.3 cm³/mol. The maximum absolute atomic E-state index is 11.6. The minimum atomic E-state index is -0.328. The van der Waals surface area contributed by atoms with Gasteiger partial charge in [0.05, 0.1) is 0 Å². The highest BCUT2D eigenvalue weighted by Gasteiger charge is 2.13. The van der Waals surface area contributed by atoms with Crippen LogP contribution in [-0.4, -0.2) is 28.1 Å². The van der Waals surface area contributed by atoms with Crippen LogP contribution < -0.4 is 11.5 Å². The highest BCUT2D eigenvalue weighted by atomic mass is 16.3. The molecule has 5 heteroatoms. The Morgan fingerprint density at radius 1 is 1.33 bits per heavy atom. The highest BCUT2D eigenvalue weighted by Crippen LogP contribution is 2.23. The summed E-state index contributed by atoms with van der Waals surface area (Å²) in [4.78, 5) is 11.6. The normalized spacial score (nSPS) is 14.2. The zero-order valence-electron chi connectivity index (χ0n) is 10.5. The fourth-order valence-electron chi connectivity index (χ4n) is 1.59. The van der Waals surface area contributed by atoms with E-state index in [1.54, 1.807) is 13.0 Å². The maximum Gasteiger partial charge on any atom is 0.134 e. The van der Waals surface area contributed by atoms with Crippen LogP contribution in [0.3, 0.4) is 0 Å². The molecule has 6 N–H and O–H groups in total. The van der Waals surface area contributed by atoms with Crippen molar-refractivity contribution in [3.8, 4) is 11.5 Å². The van der Waals surface area contributed by atoms with Gasteiger partial charge in [0.15, 0.2) is 0 Å². The van der Waals surface area contributed by atoms with E-state index in [0.717, 1.165) is 0 Å². The quantitative estimate of drug-likeness (QED) is 0.594. The van der Waals surface area contributed by atoms with E-state index in [1.807, 2.05) is 0 Å². The van der Waals surface area contributed by atoms with Gasteiger partial charge in [-0.05, 0) is 25.0 Å². The third-order valence-corrected chi connectivity index (χ3v) is 2.88. The lowest BCUT2D eigenvalue weighted by Crippen LogP contribution is -2.40. The number of hydrogen-bond donors (Lipinski definition) is 4. The van der Waals surface area contributed by atoms with Gasteiger partial charge in [0.2, 0.25) is 0 Å². The molecule has 1 rings (SSSR count). The Bertz CT molecular complexity index is 419. The average Bonchev–Trinajstić information content (AvgIpc) is 2.27. The molecule has 0 heterocycles. The molecule has 0 saturated heterocycles. The van der Waals surface area contributed by atoms with Crippen molar-refractivity contribution in [2.24, 2.45) is 11.5 Å². The predicted octanol–water partition coefficient (Wildman–Crippen LogP) is 0.664. The molecule has 0 radical (unpaired) electrons. The summed E-state index contributed by atoms with van der Waals surface area (Å²) in [5, 5.41) is 18.7. The van der Waals surface area contributed by atoms with Crippen LogP contribution in [0.2, 0.25) is 0 Å². The molecule has 1 aromatic rings. The van der Waals surface area contributed by atoms with Crippen molar-refractivity contribution in [1.82, 2.24) is 0 Å². The lowest BCUT2D eigenvalue weighted by Gasteiger charge is -2.14. The van der Waals surface area contributed by atoms with E-state index in [0.29, 0.717) is 18.4 Å². The first-order chi connectivity index (χ1) is 8.40. The highest BCUT2D eigenvalue weighted by molar-refractivity contribution is 5.79. The second-order valence-corrected chi connectivity index (χ2v) is 4.58. The first-order valence-electron chi connectivity index (χ1n) is 5.94. The van der Waals surface area contributed by atoms with E-state index >= 15 is 0 Å². The molecule has 0 saturated carbocycles. The number of benzene rings is 1. The Hall–Kier alpha value is -1.59. The molecular formula is C13H20N2O3. The molecule has 0 aliphatic carbocycles. The Morgan fingerprint density at radius 2 is 2.00 bits per heavy atom. The Morgan fingerprint density at radius 3 is 2.56 bits per heavy atom. The Kier molecular flexibility index (Phi) is 5.12. The zero-order chi connectivity index (χ0) is 13.7. The van der Waals surface area contributed by atoms with E-state index in [9.17, 15) is 9.90 Å². The van der Waals surface area contributed by atoms with Crippen LogP contribution in [0, 0.1) is 0 Å². The molecule has 0 spiro atoms. The molecule has 18 heavy (non-hydrogen) atoms. The molecular weight excluding hydrogens is 232 g/mol. The molecule has 2 unspecified atom stereocenters. The fraction of sp³-hybridized carbons (Fsp3) is 0.462. The second kappa shape index (κ2) is 6.37. The van der Waals surface area contributed by atoms with E-state index in [1.165, 1.54) is 12.1 Å². The Labute approximate surface area is 106 Å². The SMILES string of the molecule is CC(N)C(N)CC(=O)CCc1ccc(O)cc1O. The largest absolute Gasteiger partial charge is 0.508 e. The topological polar surface area (TPSA) is 110 Å². The van der Waals surface area contributed by atoms with Crippen molar-refractivity contribution in [3.63, 3.8) is 0 Å². The maximum atomic E-state index is 11.6. The molecule has 100 valence electrons. The molecule has 2 atom stereocenters.